The highest BCUT2D eigenvalue weighted by atomic mass is 15.2. The van der Waals surface area contributed by atoms with Crippen molar-refractivity contribution in [2.75, 3.05) is 39.8 Å². The van der Waals surface area contributed by atoms with E-state index in [1.807, 2.05) is 0 Å². The Morgan fingerprint density at radius 3 is 2.62 bits per heavy atom. The van der Waals surface area contributed by atoms with Gasteiger partial charge in [-0.25, -0.2) is 0 Å². The highest BCUT2D eigenvalue weighted by molar-refractivity contribution is 4.93. The topological polar surface area (TPSA) is 42.3 Å². The van der Waals surface area contributed by atoms with Gasteiger partial charge in [-0.2, -0.15) is 5.26 Å². The van der Waals surface area contributed by atoms with Gasteiger partial charge in [-0.1, -0.05) is 0 Å². The van der Waals surface area contributed by atoms with Crippen LogP contribution < -0.4 is 5.32 Å². The van der Waals surface area contributed by atoms with Gasteiger partial charge in [-0.3, -0.25) is 10.2 Å². The predicted molar refractivity (Wildman–Crippen MR) is 66.2 cm³/mol. The number of likely N-dealkylation sites (N-methyl/N-ethyl adjacent to an activating group) is 1. The van der Waals surface area contributed by atoms with Gasteiger partial charge in [0.1, 0.15) is 6.04 Å². The van der Waals surface area contributed by atoms with Gasteiger partial charge in [-0.15, -0.1) is 0 Å². The van der Waals surface area contributed by atoms with Crippen molar-refractivity contribution in [3.63, 3.8) is 0 Å². The SMILES string of the molecule is CC(C)NC(C#N)CN1CCCN(C)CC1. The number of nitriles is 1. The van der Waals surface area contributed by atoms with Crippen LogP contribution >= 0.6 is 0 Å². The Kier molecular flexibility index (Phi) is 5.75. The van der Waals surface area contributed by atoms with Crippen LogP contribution in [0.15, 0.2) is 0 Å². The zero-order chi connectivity index (χ0) is 12.0. The van der Waals surface area contributed by atoms with Gasteiger partial charge < -0.3 is 4.90 Å². The van der Waals surface area contributed by atoms with Gasteiger partial charge in [0.05, 0.1) is 6.07 Å². The summed E-state index contributed by atoms with van der Waals surface area (Å²) >= 11 is 0. The lowest BCUT2D eigenvalue weighted by molar-refractivity contribution is 0.258. The molecule has 0 saturated carbocycles. The number of hydrogen-bond acceptors (Lipinski definition) is 4. The summed E-state index contributed by atoms with van der Waals surface area (Å²) in [6, 6.07) is 2.68. The molecular weight excluding hydrogens is 200 g/mol. The van der Waals surface area contributed by atoms with Gasteiger partial charge in [0.15, 0.2) is 0 Å². The summed E-state index contributed by atoms with van der Waals surface area (Å²) in [6.07, 6.45) is 1.20. The Labute approximate surface area is 99.2 Å². The molecule has 1 fully saturated rings. The molecule has 1 atom stereocenters. The van der Waals surface area contributed by atoms with E-state index in [2.05, 4.69) is 42.1 Å². The van der Waals surface area contributed by atoms with E-state index in [9.17, 15) is 0 Å². The molecule has 1 aliphatic rings. The van der Waals surface area contributed by atoms with Gasteiger partial charge in [0.25, 0.3) is 0 Å². The number of nitrogens with one attached hydrogen (secondary N) is 1. The minimum absolute atomic E-state index is 0.0385. The van der Waals surface area contributed by atoms with E-state index in [1.165, 1.54) is 13.0 Å². The molecule has 0 aromatic rings. The minimum Gasteiger partial charge on any atom is -0.305 e. The van der Waals surface area contributed by atoms with Crippen molar-refractivity contribution >= 4 is 0 Å². The third-order valence-corrected chi connectivity index (χ3v) is 2.94. The second kappa shape index (κ2) is 6.85. The standard InChI is InChI=1S/C12H24N4/c1-11(2)14-12(9-13)10-16-6-4-5-15(3)7-8-16/h11-12,14H,4-8,10H2,1-3H3. The molecule has 16 heavy (non-hydrogen) atoms. The van der Waals surface area contributed by atoms with Crippen LogP contribution in [0.2, 0.25) is 0 Å². The summed E-state index contributed by atoms with van der Waals surface area (Å²) in [7, 11) is 2.16. The molecule has 92 valence electrons. The molecule has 0 aromatic carbocycles. The third-order valence-electron chi connectivity index (χ3n) is 2.94. The average Bonchev–Trinajstić information content (AvgIpc) is 2.42. The van der Waals surface area contributed by atoms with E-state index in [-0.39, 0.29) is 6.04 Å². The Morgan fingerprint density at radius 1 is 1.25 bits per heavy atom. The summed E-state index contributed by atoms with van der Waals surface area (Å²) < 4.78 is 0. The molecule has 1 unspecified atom stereocenters. The first-order valence-electron chi connectivity index (χ1n) is 6.18. The lowest BCUT2D eigenvalue weighted by Gasteiger charge is -2.24. The van der Waals surface area contributed by atoms with Crippen LogP contribution in [-0.4, -0.2) is 61.7 Å². The summed E-state index contributed by atoms with van der Waals surface area (Å²) in [6.45, 7) is 9.49. The first-order valence-corrected chi connectivity index (χ1v) is 6.18. The highest BCUT2D eigenvalue weighted by Gasteiger charge is 2.16. The Bertz CT molecular complexity index is 234. The molecular formula is C12H24N4. The zero-order valence-corrected chi connectivity index (χ0v) is 10.7. The minimum atomic E-state index is -0.0385. The maximum absolute atomic E-state index is 9.08. The van der Waals surface area contributed by atoms with Crippen molar-refractivity contribution in [3.05, 3.63) is 0 Å². The van der Waals surface area contributed by atoms with E-state index in [0.29, 0.717) is 6.04 Å². The van der Waals surface area contributed by atoms with E-state index in [1.54, 1.807) is 0 Å². The van der Waals surface area contributed by atoms with Gasteiger partial charge in [-0.05, 0) is 40.4 Å². The van der Waals surface area contributed by atoms with Crippen LogP contribution in [0.4, 0.5) is 0 Å². The van der Waals surface area contributed by atoms with E-state index < -0.39 is 0 Å². The number of nitrogens with zero attached hydrogens (tertiary/aromatic N) is 3. The molecule has 1 saturated heterocycles. The Balaban J connectivity index is 2.36. The Morgan fingerprint density at radius 2 is 2.00 bits per heavy atom. The molecule has 0 aromatic heterocycles. The molecule has 1 rings (SSSR count). The molecule has 0 radical (unpaired) electrons. The van der Waals surface area contributed by atoms with Crippen molar-refractivity contribution in [2.45, 2.75) is 32.4 Å². The summed E-state index contributed by atoms with van der Waals surface area (Å²) in [4.78, 5) is 4.75. The molecule has 0 amide bonds. The first kappa shape index (κ1) is 13.4. The van der Waals surface area contributed by atoms with E-state index in [4.69, 9.17) is 5.26 Å². The third kappa shape index (κ3) is 4.93. The van der Waals surface area contributed by atoms with Crippen molar-refractivity contribution in [2.24, 2.45) is 0 Å². The maximum atomic E-state index is 9.08. The lowest BCUT2D eigenvalue weighted by atomic mass is 10.2. The fourth-order valence-electron chi connectivity index (χ4n) is 2.07. The van der Waals surface area contributed by atoms with Crippen molar-refractivity contribution in [1.29, 1.82) is 5.26 Å². The molecule has 1 heterocycles. The van der Waals surface area contributed by atoms with Crippen LogP contribution in [0.5, 0.6) is 0 Å². The normalized spacial score (nSPS) is 21.7. The molecule has 0 spiro atoms. The summed E-state index contributed by atoms with van der Waals surface area (Å²) in [5.74, 6) is 0. The summed E-state index contributed by atoms with van der Waals surface area (Å²) in [5.41, 5.74) is 0. The van der Waals surface area contributed by atoms with Gasteiger partial charge in [0, 0.05) is 25.7 Å². The van der Waals surface area contributed by atoms with Crippen LogP contribution in [-0.2, 0) is 0 Å². The smallest absolute Gasteiger partial charge is 0.108 e. The average molecular weight is 224 g/mol. The second-order valence-corrected chi connectivity index (χ2v) is 4.96. The largest absolute Gasteiger partial charge is 0.305 e. The quantitative estimate of drug-likeness (QED) is 0.756. The maximum Gasteiger partial charge on any atom is 0.108 e. The lowest BCUT2D eigenvalue weighted by Crippen LogP contribution is -2.44. The monoisotopic (exact) mass is 224 g/mol. The number of hydrogen-bond donors (Lipinski definition) is 1. The molecule has 4 nitrogen and oxygen atoms in total. The van der Waals surface area contributed by atoms with Gasteiger partial charge >= 0.3 is 0 Å². The van der Waals surface area contributed by atoms with Crippen molar-refractivity contribution in [3.8, 4) is 6.07 Å². The van der Waals surface area contributed by atoms with Crippen LogP contribution in [0.3, 0.4) is 0 Å². The molecule has 0 bridgehead atoms. The molecule has 0 aliphatic carbocycles. The zero-order valence-electron chi connectivity index (χ0n) is 10.7. The second-order valence-electron chi connectivity index (χ2n) is 4.96. The first-order chi connectivity index (χ1) is 7.61. The fourth-order valence-corrected chi connectivity index (χ4v) is 2.07. The Hall–Kier alpha value is -0.630. The summed E-state index contributed by atoms with van der Waals surface area (Å²) in [5, 5.41) is 12.4. The fraction of sp³-hybridized carbons (Fsp3) is 0.917. The molecule has 1 N–H and O–H groups in total. The van der Waals surface area contributed by atoms with Crippen molar-refractivity contribution in [1.82, 2.24) is 15.1 Å². The van der Waals surface area contributed by atoms with E-state index >= 15 is 0 Å². The van der Waals surface area contributed by atoms with Crippen molar-refractivity contribution < 1.29 is 0 Å². The number of rotatable bonds is 4. The van der Waals surface area contributed by atoms with Crippen LogP contribution in [0.25, 0.3) is 0 Å². The molecule has 4 heteroatoms. The predicted octanol–water partition coefficient (Wildman–Crippen LogP) is 0.514. The molecule has 1 aliphatic heterocycles. The highest BCUT2D eigenvalue weighted by Crippen LogP contribution is 2.02. The van der Waals surface area contributed by atoms with Gasteiger partial charge in [0.2, 0.25) is 0 Å². The van der Waals surface area contributed by atoms with Crippen LogP contribution in [0, 0.1) is 11.3 Å². The van der Waals surface area contributed by atoms with E-state index in [0.717, 1.165) is 26.2 Å². The van der Waals surface area contributed by atoms with Crippen LogP contribution in [0.1, 0.15) is 20.3 Å².